The van der Waals surface area contributed by atoms with Crippen LogP contribution < -0.4 is 0 Å². The molecule has 0 aliphatic heterocycles. The molecule has 2 fully saturated rings. The smallest absolute Gasteiger partial charge is 0.315 e. The molecule has 0 amide bonds. The summed E-state index contributed by atoms with van der Waals surface area (Å²) in [5, 5.41) is 0. The lowest BCUT2D eigenvalue weighted by Crippen LogP contribution is -2.64. The lowest BCUT2D eigenvalue weighted by atomic mass is 9.35. The summed E-state index contributed by atoms with van der Waals surface area (Å²) in [7, 11) is 1.44. The number of esters is 2. The summed E-state index contributed by atoms with van der Waals surface area (Å²) < 4.78 is 10.7. The van der Waals surface area contributed by atoms with E-state index in [1.807, 2.05) is 32.9 Å². The van der Waals surface area contributed by atoms with Gasteiger partial charge in [-0.25, -0.2) is 0 Å². The maximum Gasteiger partial charge on any atom is 0.315 e. The van der Waals surface area contributed by atoms with Crippen LogP contribution in [0.4, 0.5) is 0 Å². The molecular formula is C33H44O6. The van der Waals surface area contributed by atoms with Crippen molar-refractivity contribution in [1.29, 1.82) is 0 Å². The van der Waals surface area contributed by atoms with Gasteiger partial charge in [0.1, 0.15) is 0 Å². The minimum Gasteiger partial charge on any atom is -0.468 e. The highest BCUT2D eigenvalue weighted by Crippen LogP contribution is 2.73. The predicted octanol–water partition coefficient (Wildman–Crippen LogP) is 6.30. The molecule has 6 nitrogen and oxygen atoms in total. The van der Waals surface area contributed by atoms with E-state index < -0.39 is 22.2 Å². The zero-order valence-electron chi connectivity index (χ0n) is 25.1. The third-order valence-electron chi connectivity index (χ3n) is 12.2. The molecule has 0 radical (unpaired) electrons. The highest BCUT2D eigenvalue weighted by molar-refractivity contribution is 6.02. The fourth-order valence-corrected chi connectivity index (χ4v) is 9.68. The number of carbonyl (C=O) groups is 4. The molecule has 5 rings (SSSR count). The van der Waals surface area contributed by atoms with Crippen molar-refractivity contribution in [3.8, 4) is 0 Å². The minimum atomic E-state index is -0.764. The van der Waals surface area contributed by atoms with Gasteiger partial charge in [0.15, 0.2) is 11.5 Å². The van der Waals surface area contributed by atoms with E-state index in [1.165, 1.54) is 14.0 Å². The number of fused-ring (bicyclic) bond motifs is 7. The molecule has 5 aliphatic rings. The average Bonchev–Trinajstić information content (AvgIpc) is 2.83. The van der Waals surface area contributed by atoms with Crippen LogP contribution in [-0.2, 0) is 28.7 Å². The molecule has 0 aromatic heterocycles. The quantitative estimate of drug-likeness (QED) is 0.385. The van der Waals surface area contributed by atoms with Gasteiger partial charge in [-0.15, -0.1) is 0 Å². The first-order valence-electron chi connectivity index (χ1n) is 14.4. The highest BCUT2D eigenvalue weighted by atomic mass is 16.5. The summed E-state index contributed by atoms with van der Waals surface area (Å²) in [6.07, 6.45) is 11.0. The van der Waals surface area contributed by atoms with Crippen LogP contribution >= 0.6 is 0 Å². The summed E-state index contributed by atoms with van der Waals surface area (Å²) in [4.78, 5) is 52.6. The van der Waals surface area contributed by atoms with Crippen LogP contribution in [0.25, 0.3) is 0 Å². The molecule has 0 heterocycles. The van der Waals surface area contributed by atoms with Crippen molar-refractivity contribution in [2.75, 3.05) is 7.11 Å². The van der Waals surface area contributed by atoms with Crippen molar-refractivity contribution in [1.82, 2.24) is 0 Å². The summed E-state index contributed by atoms with van der Waals surface area (Å²) in [6.45, 7) is 16.1. The van der Waals surface area contributed by atoms with E-state index in [9.17, 15) is 19.2 Å². The van der Waals surface area contributed by atoms with Crippen molar-refractivity contribution in [2.24, 2.45) is 44.3 Å². The number of carbonyl (C=O) groups excluding carboxylic acids is 4. The number of methoxy groups -OCH3 is 1. The lowest BCUT2D eigenvalue weighted by molar-refractivity contribution is -0.168. The normalized spacial score (nSPS) is 44.4. The van der Waals surface area contributed by atoms with Crippen molar-refractivity contribution >= 4 is 23.5 Å². The first kappa shape index (κ1) is 28.0. The summed E-state index contributed by atoms with van der Waals surface area (Å²) in [6, 6.07) is 0. The van der Waals surface area contributed by atoms with Crippen LogP contribution in [-0.4, -0.2) is 30.6 Å². The van der Waals surface area contributed by atoms with Crippen molar-refractivity contribution < 1.29 is 28.7 Å². The molecule has 39 heavy (non-hydrogen) atoms. The van der Waals surface area contributed by atoms with Crippen LogP contribution in [0.3, 0.4) is 0 Å². The molecule has 7 atom stereocenters. The Bertz CT molecular complexity index is 1280. The van der Waals surface area contributed by atoms with Gasteiger partial charge in [0.05, 0.1) is 12.5 Å². The second kappa shape index (κ2) is 8.27. The van der Waals surface area contributed by atoms with E-state index in [1.54, 1.807) is 0 Å². The van der Waals surface area contributed by atoms with Gasteiger partial charge in [-0.1, -0.05) is 47.6 Å². The maximum atomic E-state index is 14.4. The molecule has 0 aromatic rings. The third-order valence-corrected chi connectivity index (χ3v) is 12.2. The van der Waals surface area contributed by atoms with E-state index >= 15 is 0 Å². The Morgan fingerprint density at radius 3 is 2.13 bits per heavy atom. The zero-order valence-corrected chi connectivity index (χ0v) is 25.1. The third kappa shape index (κ3) is 3.51. The Kier molecular flexibility index (Phi) is 5.94. The molecular weight excluding hydrogens is 492 g/mol. The molecule has 212 valence electrons. The zero-order chi connectivity index (χ0) is 29.0. The van der Waals surface area contributed by atoms with Crippen molar-refractivity contribution in [2.45, 2.75) is 93.9 Å². The molecule has 0 bridgehead atoms. The van der Waals surface area contributed by atoms with Crippen LogP contribution in [0.2, 0.25) is 0 Å². The van der Waals surface area contributed by atoms with E-state index in [4.69, 9.17) is 9.47 Å². The maximum absolute atomic E-state index is 14.4. The number of allylic oxidation sites excluding steroid dienone is 5. The predicted molar refractivity (Wildman–Crippen MR) is 147 cm³/mol. The number of ketones is 2. The fraction of sp³-hybridized carbons (Fsp3) is 0.697. The summed E-state index contributed by atoms with van der Waals surface area (Å²) in [5.74, 6) is -1.21. The molecule has 5 aliphatic carbocycles. The largest absolute Gasteiger partial charge is 0.468 e. The Balaban J connectivity index is 1.71. The van der Waals surface area contributed by atoms with E-state index in [-0.39, 0.29) is 51.4 Å². The standard InChI is InChI=1S/C33H44O6/c1-19(34)39-23-18-31(6)24(28(2,3)26(23)36)10-11-33(8)25(31)22(35)16-20-21-17-30(5,27(37)38-9)13-12-29(21,4)14-15-32(20,33)7/h16-18,24-25H,10-15H2,1-9H3/t24-,25+,29+,30-,31-,32+,33+/m0/s1. The van der Waals surface area contributed by atoms with Gasteiger partial charge in [-0.2, -0.15) is 0 Å². The number of hydrogen-bond acceptors (Lipinski definition) is 6. The molecule has 0 unspecified atom stereocenters. The van der Waals surface area contributed by atoms with Gasteiger partial charge in [0.2, 0.25) is 5.78 Å². The van der Waals surface area contributed by atoms with E-state index in [2.05, 4.69) is 33.8 Å². The molecule has 6 heteroatoms. The van der Waals surface area contributed by atoms with Crippen LogP contribution in [0.15, 0.2) is 35.1 Å². The van der Waals surface area contributed by atoms with E-state index in [0.29, 0.717) is 0 Å². The molecule has 0 saturated heterocycles. The van der Waals surface area contributed by atoms with Crippen LogP contribution in [0, 0.1) is 44.3 Å². The Hall–Kier alpha value is -2.50. The van der Waals surface area contributed by atoms with Gasteiger partial charge in [-0.3, -0.25) is 19.2 Å². The number of Topliss-reactive ketones (excluding diaryl/α,β-unsaturated/α-hetero) is 1. The first-order chi connectivity index (χ1) is 17.9. The Morgan fingerprint density at radius 1 is 0.872 bits per heavy atom. The van der Waals surface area contributed by atoms with E-state index in [0.717, 1.165) is 49.7 Å². The second-order valence-electron chi connectivity index (χ2n) is 14.8. The number of ether oxygens (including phenoxy) is 2. The summed E-state index contributed by atoms with van der Waals surface area (Å²) in [5.41, 5.74) is -0.693. The van der Waals surface area contributed by atoms with Gasteiger partial charge < -0.3 is 9.47 Å². The first-order valence-corrected chi connectivity index (χ1v) is 14.4. The molecule has 0 aromatic carbocycles. The Labute approximate surface area is 232 Å². The number of hydrogen-bond donors (Lipinski definition) is 0. The van der Waals surface area contributed by atoms with Crippen LogP contribution in [0.1, 0.15) is 93.9 Å². The van der Waals surface area contributed by atoms with Gasteiger partial charge >= 0.3 is 11.9 Å². The minimum absolute atomic E-state index is 0.0530. The van der Waals surface area contributed by atoms with Gasteiger partial charge in [0.25, 0.3) is 0 Å². The molecule has 2 saturated carbocycles. The fourth-order valence-electron chi connectivity index (χ4n) is 9.68. The highest BCUT2D eigenvalue weighted by Gasteiger charge is 2.69. The number of rotatable bonds is 2. The molecule has 0 spiro atoms. The second-order valence-corrected chi connectivity index (χ2v) is 14.8. The average molecular weight is 537 g/mol. The van der Waals surface area contributed by atoms with Gasteiger partial charge in [-0.05, 0) is 90.9 Å². The Morgan fingerprint density at radius 2 is 1.51 bits per heavy atom. The molecule has 0 N–H and O–H groups in total. The lowest BCUT2D eigenvalue weighted by Gasteiger charge is -2.67. The van der Waals surface area contributed by atoms with Crippen molar-refractivity contribution in [3.05, 3.63) is 35.1 Å². The SMILES string of the molecule is COC(=O)[C@]1(C)C=C2C3=CC(=O)[C@@H]4[C@@]5(C)C=C(OC(C)=O)C(=O)C(C)(C)[C@@H]5CC[C@@]4(C)[C@]3(C)CC[C@@]2(C)CC1. The summed E-state index contributed by atoms with van der Waals surface area (Å²) >= 11 is 0. The topological polar surface area (TPSA) is 86.7 Å². The van der Waals surface area contributed by atoms with Crippen LogP contribution in [0.5, 0.6) is 0 Å². The monoisotopic (exact) mass is 536 g/mol. The van der Waals surface area contributed by atoms with Crippen molar-refractivity contribution in [3.63, 3.8) is 0 Å². The van der Waals surface area contributed by atoms with Gasteiger partial charge in [0, 0.05) is 23.7 Å².